The third-order valence-corrected chi connectivity index (χ3v) is 2.60. The van der Waals surface area contributed by atoms with E-state index < -0.39 is 11.7 Å². The number of nitrogens with zero attached hydrogens (tertiary/aromatic N) is 2. The minimum Gasteiger partial charge on any atom is -0.497 e. The lowest BCUT2D eigenvalue weighted by Crippen LogP contribution is -2.05. The number of methoxy groups -OCH3 is 1. The minimum atomic E-state index is -4.39. The summed E-state index contributed by atoms with van der Waals surface area (Å²) < 4.78 is 42.1. The van der Waals surface area contributed by atoms with E-state index >= 15 is 0 Å². The highest BCUT2D eigenvalue weighted by Gasteiger charge is 2.30. The molecule has 1 aromatic carbocycles. The summed E-state index contributed by atoms with van der Waals surface area (Å²) in [4.78, 5) is 3.64. The fourth-order valence-electron chi connectivity index (χ4n) is 1.49. The van der Waals surface area contributed by atoms with Gasteiger partial charge in [-0.2, -0.15) is 18.3 Å². The van der Waals surface area contributed by atoms with Gasteiger partial charge in [0, 0.05) is 6.20 Å². The maximum atomic E-state index is 12.4. The van der Waals surface area contributed by atoms with Crippen LogP contribution in [0.2, 0.25) is 0 Å². The van der Waals surface area contributed by atoms with Gasteiger partial charge in [0.1, 0.15) is 11.6 Å². The zero-order valence-corrected chi connectivity index (χ0v) is 11.1. The molecule has 1 N–H and O–H groups in total. The summed E-state index contributed by atoms with van der Waals surface area (Å²) in [6.45, 7) is 0. The standard InChI is InChI=1S/C14H12F3N3O/c1-21-12-5-2-10(3-6-12)8-19-20-13-7-4-11(9-18-13)14(15,16)17/h2-9H,1H3,(H,18,20)/b19-8-. The zero-order valence-electron chi connectivity index (χ0n) is 11.1. The molecule has 0 aliphatic heterocycles. The number of hydrogen-bond donors (Lipinski definition) is 1. The van der Waals surface area contributed by atoms with Crippen LogP contribution in [0.5, 0.6) is 5.75 Å². The molecule has 0 fully saturated rings. The van der Waals surface area contributed by atoms with Crippen molar-refractivity contribution in [3.63, 3.8) is 0 Å². The highest BCUT2D eigenvalue weighted by molar-refractivity contribution is 5.80. The third-order valence-electron chi connectivity index (χ3n) is 2.60. The molecule has 0 radical (unpaired) electrons. The molecule has 0 atom stereocenters. The Kier molecular flexibility index (Phi) is 4.42. The largest absolute Gasteiger partial charge is 0.497 e. The van der Waals surface area contributed by atoms with Gasteiger partial charge in [-0.15, -0.1) is 0 Å². The van der Waals surface area contributed by atoms with Gasteiger partial charge in [-0.3, -0.25) is 5.43 Å². The summed E-state index contributed by atoms with van der Waals surface area (Å²) in [5.41, 5.74) is 2.58. The molecule has 0 bridgehead atoms. The number of aromatic nitrogens is 1. The van der Waals surface area contributed by atoms with Crippen LogP contribution in [0.3, 0.4) is 0 Å². The predicted octanol–water partition coefficient (Wildman–Crippen LogP) is 3.56. The van der Waals surface area contributed by atoms with Crippen molar-refractivity contribution in [2.24, 2.45) is 5.10 Å². The Labute approximate surface area is 119 Å². The number of halogens is 3. The highest BCUT2D eigenvalue weighted by atomic mass is 19.4. The molecule has 0 spiro atoms. The first kappa shape index (κ1) is 14.8. The second-order valence-corrected chi connectivity index (χ2v) is 4.07. The van der Waals surface area contributed by atoms with Crippen LogP contribution in [-0.4, -0.2) is 18.3 Å². The molecule has 1 heterocycles. The van der Waals surface area contributed by atoms with E-state index in [4.69, 9.17) is 4.74 Å². The maximum absolute atomic E-state index is 12.4. The smallest absolute Gasteiger partial charge is 0.417 e. The van der Waals surface area contributed by atoms with Crippen molar-refractivity contribution >= 4 is 12.0 Å². The molecule has 110 valence electrons. The van der Waals surface area contributed by atoms with Crippen LogP contribution in [0.4, 0.5) is 19.0 Å². The van der Waals surface area contributed by atoms with Crippen molar-refractivity contribution in [3.05, 3.63) is 53.7 Å². The molecule has 7 heteroatoms. The van der Waals surface area contributed by atoms with Gasteiger partial charge < -0.3 is 4.74 Å². The van der Waals surface area contributed by atoms with Gasteiger partial charge in [-0.25, -0.2) is 4.98 Å². The molecule has 2 rings (SSSR count). The first-order chi connectivity index (χ1) is 9.99. The molecular weight excluding hydrogens is 283 g/mol. The molecule has 4 nitrogen and oxygen atoms in total. The van der Waals surface area contributed by atoms with Crippen molar-refractivity contribution in [1.82, 2.24) is 4.98 Å². The number of ether oxygens (including phenoxy) is 1. The van der Waals surface area contributed by atoms with E-state index in [9.17, 15) is 13.2 Å². The van der Waals surface area contributed by atoms with Crippen LogP contribution in [0.1, 0.15) is 11.1 Å². The highest BCUT2D eigenvalue weighted by Crippen LogP contribution is 2.28. The monoisotopic (exact) mass is 295 g/mol. The molecule has 0 unspecified atom stereocenters. The van der Waals surface area contributed by atoms with E-state index in [0.717, 1.165) is 23.6 Å². The summed E-state index contributed by atoms with van der Waals surface area (Å²) in [6.07, 6.45) is -2.11. The molecule has 0 saturated carbocycles. The minimum absolute atomic E-state index is 0.229. The topological polar surface area (TPSA) is 46.5 Å². The normalized spacial score (nSPS) is 11.6. The molecule has 0 amide bonds. The lowest BCUT2D eigenvalue weighted by Gasteiger charge is -2.06. The first-order valence-electron chi connectivity index (χ1n) is 5.95. The van der Waals surface area contributed by atoms with Crippen molar-refractivity contribution in [2.75, 3.05) is 12.5 Å². The average Bonchev–Trinajstić information content (AvgIpc) is 2.47. The number of nitrogens with one attached hydrogen (secondary N) is 1. The Bertz CT molecular complexity index is 607. The van der Waals surface area contributed by atoms with E-state index in [2.05, 4.69) is 15.5 Å². The number of rotatable bonds is 4. The van der Waals surface area contributed by atoms with Gasteiger partial charge in [-0.1, -0.05) is 0 Å². The van der Waals surface area contributed by atoms with Gasteiger partial charge in [0.2, 0.25) is 0 Å². The summed E-state index contributed by atoms with van der Waals surface area (Å²) in [5.74, 6) is 0.956. The Morgan fingerprint density at radius 1 is 1.14 bits per heavy atom. The van der Waals surface area contributed by atoms with Crippen molar-refractivity contribution < 1.29 is 17.9 Å². The van der Waals surface area contributed by atoms with Gasteiger partial charge in [0.25, 0.3) is 0 Å². The van der Waals surface area contributed by atoms with Crippen LogP contribution in [-0.2, 0) is 6.18 Å². The van der Waals surface area contributed by atoms with Crippen molar-refractivity contribution in [3.8, 4) is 5.75 Å². The summed E-state index contributed by atoms with van der Waals surface area (Å²) in [6, 6.07) is 9.30. The quantitative estimate of drug-likeness (QED) is 0.693. The second-order valence-electron chi connectivity index (χ2n) is 4.07. The van der Waals surface area contributed by atoms with Crippen LogP contribution in [0.15, 0.2) is 47.7 Å². The molecular formula is C14H12F3N3O. The molecule has 21 heavy (non-hydrogen) atoms. The summed E-state index contributed by atoms with van der Waals surface area (Å²) >= 11 is 0. The molecule has 1 aromatic heterocycles. The van der Waals surface area contributed by atoms with Crippen LogP contribution in [0.25, 0.3) is 0 Å². The van der Waals surface area contributed by atoms with E-state index in [-0.39, 0.29) is 5.82 Å². The molecule has 2 aromatic rings. The summed E-state index contributed by atoms with van der Waals surface area (Å²) in [7, 11) is 1.57. The SMILES string of the molecule is COc1ccc(/C=N\Nc2ccc(C(F)(F)F)cn2)cc1. The van der Waals surface area contributed by atoms with Gasteiger partial charge >= 0.3 is 6.18 Å². The number of pyridine rings is 1. The zero-order chi connectivity index (χ0) is 15.3. The third kappa shape index (κ3) is 4.20. The number of benzene rings is 1. The van der Waals surface area contributed by atoms with Crippen molar-refractivity contribution in [1.29, 1.82) is 0 Å². The predicted molar refractivity (Wildman–Crippen MR) is 73.4 cm³/mol. The van der Waals surface area contributed by atoms with Gasteiger partial charge in [0.15, 0.2) is 0 Å². The second kappa shape index (κ2) is 6.25. The average molecular weight is 295 g/mol. The Hall–Kier alpha value is -2.57. The van der Waals surface area contributed by atoms with Crippen molar-refractivity contribution in [2.45, 2.75) is 6.18 Å². The fraction of sp³-hybridized carbons (Fsp3) is 0.143. The van der Waals surface area contributed by atoms with E-state index in [1.54, 1.807) is 31.4 Å². The van der Waals surface area contributed by atoms with E-state index in [0.29, 0.717) is 0 Å². The molecule has 0 saturated heterocycles. The van der Waals surface area contributed by atoms with Gasteiger partial charge in [0.05, 0.1) is 18.9 Å². The lowest BCUT2D eigenvalue weighted by molar-refractivity contribution is -0.137. The summed E-state index contributed by atoms with van der Waals surface area (Å²) in [5, 5.41) is 3.90. The number of hydrogen-bond acceptors (Lipinski definition) is 4. The molecule has 0 aliphatic carbocycles. The lowest BCUT2D eigenvalue weighted by atomic mass is 10.2. The fourth-order valence-corrected chi connectivity index (χ4v) is 1.49. The van der Waals surface area contributed by atoms with Crippen LogP contribution >= 0.6 is 0 Å². The maximum Gasteiger partial charge on any atom is 0.417 e. The Balaban J connectivity index is 1.97. The molecule has 0 aliphatic rings. The van der Waals surface area contributed by atoms with Gasteiger partial charge in [-0.05, 0) is 42.0 Å². The van der Waals surface area contributed by atoms with Crippen LogP contribution < -0.4 is 10.2 Å². The first-order valence-corrected chi connectivity index (χ1v) is 5.95. The number of alkyl halides is 3. The number of hydrazone groups is 1. The van der Waals surface area contributed by atoms with Crippen LogP contribution in [0, 0.1) is 0 Å². The Morgan fingerprint density at radius 2 is 1.86 bits per heavy atom. The van der Waals surface area contributed by atoms with E-state index in [1.807, 2.05) is 0 Å². The number of anilines is 1. The van der Waals surface area contributed by atoms with E-state index in [1.165, 1.54) is 12.3 Å². The Morgan fingerprint density at radius 3 is 2.38 bits per heavy atom.